The van der Waals surface area contributed by atoms with Gasteiger partial charge in [0.1, 0.15) is 11.5 Å². The summed E-state index contributed by atoms with van der Waals surface area (Å²) in [5, 5.41) is -0.372. The zero-order chi connectivity index (χ0) is 20.8. The Morgan fingerprint density at radius 2 is 1.86 bits per heavy atom. The molecule has 148 valence electrons. The van der Waals surface area contributed by atoms with Crippen molar-refractivity contribution in [2.75, 3.05) is 11.4 Å². The van der Waals surface area contributed by atoms with E-state index >= 15 is 0 Å². The normalized spacial score (nSPS) is 15.3. The molecule has 0 fully saturated rings. The Balaban J connectivity index is 1.72. The number of rotatable bonds is 3. The summed E-state index contributed by atoms with van der Waals surface area (Å²) in [6.45, 7) is 2.42. The van der Waals surface area contributed by atoms with Gasteiger partial charge in [-0.15, -0.1) is 0 Å². The maximum Gasteiger partial charge on any atom is 0.417 e. The number of amides is 1. The Bertz CT molecular complexity index is 1130. The van der Waals surface area contributed by atoms with E-state index in [1.165, 1.54) is 12.1 Å². The van der Waals surface area contributed by atoms with Crippen LogP contribution in [0.3, 0.4) is 0 Å². The Morgan fingerprint density at radius 1 is 1.10 bits per heavy atom. The highest BCUT2D eigenvalue weighted by atomic mass is 35.5. The second kappa shape index (κ2) is 7.12. The van der Waals surface area contributed by atoms with Crippen LogP contribution in [0.1, 0.15) is 23.8 Å². The highest BCUT2D eigenvalue weighted by Crippen LogP contribution is 2.39. The van der Waals surface area contributed by atoms with Gasteiger partial charge in [-0.25, -0.2) is 0 Å². The Labute approximate surface area is 170 Å². The van der Waals surface area contributed by atoms with Crippen LogP contribution in [0.5, 0.6) is 0 Å². The third-order valence-corrected chi connectivity index (χ3v) is 5.08. The number of alkyl halides is 3. The van der Waals surface area contributed by atoms with Crippen molar-refractivity contribution < 1.29 is 22.4 Å². The molecule has 0 aliphatic carbocycles. The van der Waals surface area contributed by atoms with Crippen LogP contribution in [0.4, 0.5) is 18.9 Å². The van der Waals surface area contributed by atoms with Gasteiger partial charge in [-0.1, -0.05) is 29.8 Å². The molecular weight excluding hydrogens is 403 g/mol. The summed E-state index contributed by atoms with van der Waals surface area (Å²) in [6, 6.07) is 14.2. The van der Waals surface area contributed by atoms with Crippen molar-refractivity contribution in [1.82, 2.24) is 0 Å². The lowest BCUT2D eigenvalue weighted by Gasteiger charge is -2.13. The molecule has 0 atom stereocenters. The van der Waals surface area contributed by atoms with Crippen molar-refractivity contribution >= 4 is 34.8 Å². The largest absolute Gasteiger partial charge is 0.457 e. The van der Waals surface area contributed by atoms with E-state index in [-0.39, 0.29) is 22.3 Å². The topological polar surface area (TPSA) is 33.5 Å². The lowest BCUT2D eigenvalue weighted by Crippen LogP contribution is -2.25. The molecular formula is C22H15ClF3NO2. The molecule has 3 aromatic rings. The molecule has 0 unspecified atom stereocenters. The molecule has 2 aromatic carbocycles. The maximum absolute atomic E-state index is 13.1. The number of furan rings is 1. The second-order valence-corrected chi connectivity index (χ2v) is 6.93. The van der Waals surface area contributed by atoms with Crippen molar-refractivity contribution in [3.05, 3.63) is 76.5 Å². The van der Waals surface area contributed by atoms with Gasteiger partial charge in [-0.3, -0.25) is 4.79 Å². The number of anilines is 1. The van der Waals surface area contributed by atoms with E-state index in [0.717, 1.165) is 17.3 Å². The number of hydrogen-bond donors (Lipinski definition) is 0. The fraction of sp³-hybridized carbons (Fsp3) is 0.136. The lowest BCUT2D eigenvalue weighted by atomic mass is 10.1. The number of carbonyl (C=O) groups is 1. The minimum Gasteiger partial charge on any atom is -0.457 e. The first kappa shape index (κ1) is 19.3. The fourth-order valence-electron chi connectivity index (χ4n) is 3.38. The number of fused-ring (bicyclic) bond motifs is 1. The van der Waals surface area contributed by atoms with Crippen LogP contribution in [-0.4, -0.2) is 12.5 Å². The summed E-state index contributed by atoms with van der Waals surface area (Å²) in [4.78, 5) is 14.4. The van der Waals surface area contributed by atoms with E-state index in [1.54, 1.807) is 23.1 Å². The number of likely N-dealkylation sites (N-methyl/N-ethyl adjacent to an activating group) is 1. The summed E-state index contributed by atoms with van der Waals surface area (Å²) < 4.78 is 45.0. The summed E-state index contributed by atoms with van der Waals surface area (Å²) in [5.41, 5.74) is 1.43. The molecule has 0 radical (unpaired) electrons. The van der Waals surface area contributed by atoms with Gasteiger partial charge in [0.15, 0.2) is 0 Å². The highest BCUT2D eigenvalue weighted by molar-refractivity contribution is 6.35. The van der Waals surface area contributed by atoms with Crippen LogP contribution in [0.25, 0.3) is 23.0 Å². The van der Waals surface area contributed by atoms with Gasteiger partial charge in [0.05, 0.1) is 21.8 Å². The summed E-state index contributed by atoms with van der Waals surface area (Å²) in [6.07, 6.45) is -2.95. The third-order valence-electron chi connectivity index (χ3n) is 4.75. The molecule has 0 saturated carbocycles. The zero-order valence-electron chi connectivity index (χ0n) is 15.3. The Kier molecular flexibility index (Phi) is 4.74. The Hall–Kier alpha value is -2.99. The van der Waals surface area contributed by atoms with E-state index in [9.17, 15) is 18.0 Å². The smallest absolute Gasteiger partial charge is 0.417 e. The summed E-state index contributed by atoms with van der Waals surface area (Å²) in [7, 11) is 0. The van der Waals surface area contributed by atoms with E-state index in [4.69, 9.17) is 16.0 Å². The van der Waals surface area contributed by atoms with E-state index in [2.05, 4.69) is 0 Å². The Morgan fingerprint density at radius 3 is 2.59 bits per heavy atom. The third kappa shape index (κ3) is 3.44. The molecule has 29 heavy (non-hydrogen) atoms. The van der Waals surface area contributed by atoms with Crippen LogP contribution in [0.15, 0.2) is 59.0 Å². The molecule has 1 aliphatic rings. The average Bonchev–Trinajstić information content (AvgIpc) is 3.25. The highest BCUT2D eigenvalue weighted by Gasteiger charge is 2.34. The van der Waals surface area contributed by atoms with Crippen LogP contribution in [0, 0.1) is 0 Å². The van der Waals surface area contributed by atoms with E-state index in [0.29, 0.717) is 17.9 Å². The second-order valence-electron chi connectivity index (χ2n) is 6.52. The molecule has 0 N–H and O–H groups in total. The van der Waals surface area contributed by atoms with Gasteiger partial charge in [0, 0.05) is 17.7 Å². The van der Waals surface area contributed by atoms with Gasteiger partial charge in [-0.2, -0.15) is 13.2 Å². The number of para-hydroxylation sites is 1. The first-order chi connectivity index (χ1) is 13.8. The van der Waals surface area contributed by atoms with E-state index in [1.807, 2.05) is 31.2 Å². The SMILES string of the molecule is CCN1C(=O)/C(=C\c2ccc(-c3ccc(Cl)c(C(F)(F)F)c3)o2)c2ccccc21. The molecule has 2 heterocycles. The van der Waals surface area contributed by atoms with Crippen molar-refractivity contribution in [2.45, 2.75) is 13.1 Å². The predicted molar refractivity (Wildman–Crippen MR) is 106 cm³/mol. The molecule has 1 amide bonds. The first-order valence-electron chi connectivity index (χ1n) is 8.89. The minimum atomic E-state index is -4.56. The first-order valence-corrected chi connectivity index (χ1v) is 9.27. The van der Waals surface area contributed by atoms with Gasteiger partial charge in [0.25, 0.3) is 5.91 Å². The molecule has 7 heteroatoms. The fourth-order valence-corrected chi connectivity index (χ4v) is 3.61. The number of halogens is 4. The molecule has 0 bridgehead atoms. The molecule has 0 spiro atoms. The lowest BCUT2D eigenvalue weighted by molar-refractivity contribution is -0.137. The van der Waals surface area contributed by atoms with Crippen molar-refractivity contribution in [1.29, 1.82) is 0 Å². The van der Waals surface area contributed by atoms with Crippen LogP contribution < -0.4 is 4.90 Å². The predicted octanol–water partition coefficient (Wildman–Crippen LogP) is 6.53. The monoisotopic (exact) mass is 417 g/mol. The van der Waals surface area contributed by atoms with Gasteiger partial charge >= 0.3 is 6.18 Å². The van der Waals surface area contributed by atoms with E-state index < -0.39 is 11.7 Å². The number of nitrogens with zero attached hydrogens (tertiary/aromatic N) is 1. The molecule has 4 rings (SSSR count). The molecule has 1 aromatic heterocycles. The zero-order valence-corrected chi connectivity index (χ0v) is 16.0. The standard InChI is InChI=1S/C22H15ClF3NO2/c1-2-27-19-6-4-3-5-15(19)16(21(27)28)12-14-8-10-20(29-14)13-7-9-18(23)17(11-13)22(24,25)26/h3-12H,2H2,1H3/b16-12-. The van der Waals surface area contributed by atoms with Gasteiger partial charge in [0.2, 0.25) is 0 Å². The molecule has 1 aliphatic heterocycles. The van der Waals surface area contributed by atoms with Crippen molar-refractivity contribution in [3.63, 3.8) is 0 Å². The summed E-state index contributed by atoms with van der Waals surface area (Å²) in [5.74, 6) is 0.488. The summed E-state index contributed by atoms with van der Waals surface area (Å²) >= 11 is 5.68. The quantitative estimate of drug-likeness (QED) is 0.454. The van der Waals surface area contributed by atoms with Gasteiger partial charge in [-0.05, 0) is 49.4 Å². The number of hydrogen-bond acceptors (Lipinski definition) is 2. The van der Waals surface area contributed by atoms with Crippen molar-refractivity contribution in [2.24, 2.45) is 0 Å². The maximum atomic E-state index is 13.1. The molecule has 0 saturated heterocycles. The van der Waals surface area contributed by atoms with Gasteiger partial charge < -0.3 is 9.32 Å². The minimum absolute atomic E-state index is 0.141. The van der Waals surface area contributed by atoms with Crippen LogP contribution >= 0.6 is 11.6 Å². The van der Waals surface area contributed by atoms with Crippen LogP contribution in [-0.2, 0) is 11.0 Å². The molecule has 3 nitrogen and oxygen atoms in total. The van der Waals surface area contributed by atoms with Crippen LogP contribution in [0.2, 0.25) is 5.02 Å². The average molecular weight is 418 g/mol. The number of benzene rings is 2. The number of carbonyl (C=O) groups excluding carboxylic acids is 1. The van der Waals surface area contributed by atoms with Crippen molar-refractivity contribution in [3.8, 4) is 11.3 Å².